The van der Waals surface area contributed by atoms with E-state index in [1.165, 1.54) is 0 Å². The average Bonchev–Trinajstić information content (AvgIpc) is 3.03. The zero-order chi connectivity index (χ0) is 18.0. The van der Waals surface area contributed by atoms with Gasteiger partial charge >= 0.3 is 0 Å². The largest absolute Gasteiger partial charge is 0.497 e. The number of nitrogens with two attached hydrogens (primary N) is 1. The van der Waals surface area contributed by atoms with E-state index in [9.17, 15) is 14.4 Å². The Morgan fingerprint density at radius 1 is 1.12 bits per heavy atom. The van der Waals surface area contributed by atoms with Gasteiger partial charge in [0.1, 0.15) is 5.75 Å². The van der Waals surface area contributed by atoms with Crippen molar-refractivity contribution in [1.82, 2.24) is 4.90 Å². The van der Waals surface area contributed by atoms with Crippen molar-refractivity contribution in [1.29, 1.82) is 0 Å². The SMILES string of the molecule is COc1ccc(N2C[C@H](C(=O)N3CCC(C(N)=O)CC3)CC2=O)cc1. The third-order valence-electron chi connectivity index (χ3n) is 5.07. The molecule has 7 nitrogen and oxygen atoms in total. The van der Waals surface area contributed by atoms with Gasteiger partial charge in [0.25, 0.3) is 0 Å². The van der Waals surface area contributed by atoms with E-state index in [0.717, 1.165) is 11.4 Å². The molecule has 134 valence electrons. The monoisotopic (exact) mass is 345 g/mol. The van der Waals surface area contributed by atoms with Crippen LogP contribution >= 0.6 is 0 Å². The van der Waals surface area contributed by atoms with Crippen molar-refractivity contribution in [2.45, 2.75) is 19.3 Å². The van der Waals surface area contributed by atoms with Crippen LogP contribution in [0.4, 0.5) is 5.69 Å². The van der Waals surface area contributed by atoms with Crippen LogP contribution < -0.4 is 15.4 Å². The highest BCUT2D eigenvalue weighted by Crippen LogP contribution is 2.29. The van der Waals surface area contributed by atoms with Crippen LogP contribution in [0.3, 0.4) is 0 Å². The van der Waals surface area contributed by atoms with Gasteiger partial charge in [0.15, 0.2) is 0 Å². The minimum atomic E-state index is -0.334. The van der Waals surface area contributed by atoms with Gasteiger partial charge in [0.05, 0.1) is 13.0 Å². The number of nitrogens with zero attached hydrogens (tertiary/aromatic N) is 2. The van der Waals surface area contributed by atoms with E-state index in [2.05, 4.69) is 0 Å². The molecule has 2 aliphatic rings. The lowest BCUT2D eigenvalue weighted by Gasteiger charge is -2.32. The second-order valence-electron chi connectivity index (χ2n) is 6.61. The molecule has 1 aromatic rings. The summed E-state index contributed by atoms with van der Waals surface area (Å²) < 4.78 is 5.13. The zero-order valence-electron chi connectivity index (χ0n) is 14.3. The third kappa shape index (κ3) is 3.60. The molecule has 0 aliphatic carbocycles. The van der Waals surface area contributed by atoms with Gasteiger partial charge in [0.2, 0.25) is 17.7 Å². The highest BCUT2D eigenvalue weighted by atomic mass is 16.5. The first-order valence-electron chi connectivity index (χ1n) is 8.52. The number of carbonyl (C=O) groups excluding carboxylic acids is 3. The smallest absolute Gasteiger partial charge is 0.228 e. The van der Waals surface area contributed by atoms with Crippen molar-refractivity contribution < 1.29 is 19.1 Å². The second kappa shape index (κ2) is 7.13. The van der Waals surface area contributed by atoms with Crippen LogP contribution in [-0.2, 0) is 14.4 Å². The molecule has 7 heteroatoms. The highest BCUT2D eigenvalue weighted by molar-refractivity contribution is 6.00. The summed E-state index contributed by atoms with van der Waals surface area (Å²) in [5, 5.41) is 0. The molecule has 0 spiro atoms. The average molecular weight is 345 g/mol. The third-order valence-corrected chi connectivity index (χ3v) is 5.07. The Kier molecular flexibility index (Phi) is 4.92. The molecular weight excluding hydrogens is 322 g/mol. The van der Waals surface area contributed by atoms with E-state index in [-0.39, 0.29) is 36.0 Å². The summed E-state index contributed by atoms with van der Waals surface area (Å²) in [6, 6.07) is 7.24. The molecule has 0 bridgehead atoms. The van der Waals surface area contributed by atoms with Crippen LogP contribution in [-0.4, -0.2) is 49.4 Å². The molecule has 2 fully saturated rings. The molecule has 2 heterocycles. The zero-order valence-corrected chi connectivity index (χ0v) is 14.3. The first kappa shape index (κ1) is 17.3. The summed E-state index contributed by atoms with van der Waals surface area (Å²) in [5.74, 6) is -0.109. The number of primary amides is 1. The number of hydrogen-bond acceptors (Lipinski definition) is 4. The Bertz CT molecular complexity index is 665. The first-order valence-corrected chi connectivity index (χ1v) is 8.52. The quantitative estimate of drug-likeness (QED) is 0.872. The molecule has 1 aromatic carbocycles. The second-order valence-corrected chi connectivity index (χ2v) is 6.61. The standard InChI is InChI=1S/C18H23N3O4/c1-25-15-4-2-14(3-5-15)21-11-13(10-16(21)22)18(24)20-8-6-12(7-9-20)17(19)23/h2-5,12-13H,6-11H2,1H3,(H2,19,23)/t13-/m1/s1. The fourth-order valence-corrected chi connectivity index (χ4v) is 3.53. The number of hydrogen-bond donors (Lipinski definition) is 1. The number of amides is 3. The van der Waals surface area contributed by atoms with Crippen molar-refractivity contribution in [3.63, 3.8) is 0 Å². The van der Waals surface area contributed by atoms with Gasteiger partial charge < -0.3 is 20.3 Å². The van der Waals surface area contributed by atoms with Crippen molar-refractivity contribution in [2.75, 3.05) is 31.6 Å². The van der Waals surface area contributed by atoms with Crippen LogP contribution in [0, 0.1) is 11.8 Å². The Morgan fingerprint density at radius 2 is 1.76 bits per heavy atom. The lowest BCUT2D eigenvalue weighted by molar-refractivity contribution is -0.138. The molecule has 3 rings (SSSR count). The minimum absolute atomic E-state index is 0.00715. The van der Waals surface area contributed by atoms with Gasteiger partial charge in [-0.05, 0) is 37.1 Å². The molecule has 0 unspecified atom stereocenters. The van der Waals surface area contributed by atoms with Crippen molar-refractivity contribution in [3.05, 3.63) is 24.3 Å². The maximum absolute atomic E-state index is 12.7. The molecule has 2 aliphatic heterocycles. The lowest BCUT2D eigenvalue weighted by Crippen LogP contribution is -2.44. The van der Waals surface area contributed by atoms with Crippen LogP contribution in [0.15, 0.2) is 24.3 Å². The van der Waals surface area contributed by atoms with E-state index >= 15 is 0 Å². The molecular formula is C18H23N3O4. The summed E-state index contributed by atoms with van der Waals surface area (Å²) in [7, 11) is 1.59. The van der Waals surface area contributed by atoms with E-state index < -0.39 is 0 Å². The fraction of sp³-hybridized carbons (Fsp3) is 0.500. The topological polar surface area (TPSA) is 92.9 Å². The Labute approximate surface area is 146 Å². The summed E-state index contributed by atoms with van der Waals surface area (Å²) in [6.45, 7) is 1.44. The first-order chi connectivity index (χ1) is 12.0. The maximum atomic E-state index is 12.7. The summed E-state index contributed by atoms with van der Waals surface area (Å²) in [5.41, 5.74) is 6.10. The van der Waals surface area contributed by atoms with Crippen LogP contribution in [0.5, 0.6) is 5.75 Å². The van der Waals surface area contributed by atoms with Gasteiger partial charge in [-0.25, -0.2) is 0 Å². The summed E-state index contributed by atoms with van der Waals surface area (Å²) >= 11 is 0. The summed E-state index contributed by atoms with van der Waals surface area (Å²) in [4.78, 5) is 39.7. The van der Waals surface area contributed by atoms with Crippen molar-refractivity contribution >= 4 is 23.4 Å². The van der Waals surface area contributed by atoms with E-state index in [1.54, 1.807) is 29.0 Å². The minimum Gasteiger partial charge on any atom is -0.497 e. The number of methoxy groups -OCH3 is 1. The van der Waals surface area contributed by atoms with Gasteiger partial charge in [-0.2, -0.15) is 0 Å². The molecule has 3 amide bonds. The van der Waals surface area contributed by atoms with Gasteiger partial charge in [0, 0.05) is 37.7 Å². The number of rotatable bonds is 4. The molecule has 2 saturated heterocycles. The Balaban J connectivity index is 1.62. The van der Waals surface area contributed by atoms with Gasteiger partial charge in [-0.15, -0.1) is 0 Å². The predicted molar refractivity (Wildman–Crippen MR) is 92.0 cm³/mol. The van der Waals surface area contributed by atoms with E-state index in [0.29, 0.717) is 32.5 Å². The number of carbonyl (C=O) groups is 3. The fourth-order valence-electron chi connectivity index (χ4n) is 3.53. The molecule has 1 atom stereocenters. The maximum Gasteiger partial charge on any atom is 0.228 e. The van der Waals surface area contributed by atoms with Crippen LogP contribution in [0.25, 0.3) is 0 Å². The number of anilines is 1. The number of benzene rings is 1. The summed E-state index contributed by atoms with van der Waals surface area (Å²) in [6.07, 6.45) is 1.43. The normalized spacial score (nSPS) is 21.5. The van der Waals surface area contributed by atoms with E-state index in [1.807, 2.05) is 12.1 Å². The lowest BCUT2D eigenvalue weighted by atomic mass is 9.95. The molecule has 0 saturated carbocycles. The van der Waals surface area contributed by atoms with Crippen molar-refractivity contribution in [2.24, 2.45) is 17.6 Å². The molecule has 0 radical (unpaired) electrons. The van der Waals surface area contributed by atoms with Gasteiger partial charge in [-0.1, -0.05) is 0 Å². The van der Waals surface area contributed by atoms with Gasteiger partial charge in [-0.3, -0.25) is 14.4 Å². The Morgan fingerprint density at radius 3 is 2.32 bits per heavy atom. The molecule has 25 heavy (non-hydrogen) atoms. The van der Waals surface area contributed by atoms with Crippen molar-refractivity contribution in [3.8, 4) is 5.75 Å². The number of piperidine rings is 1. The Hall–Kier alpha value is -2.57. The molecule has 0 aromatic heterocycles. The highest BCUT2D eigenvalue weighted by Gasteiger charge is 2.38. The molecule has 2 N–H and O–H groups in total. The predicted octanol–water partition coefficient (Wildman–Crippen LogP) is 0.772. The number of ether oxygens (including phenoxy) is 1. The van der Waals surface area contributed by atoms with Crippen LogP contribution in [0.1, 0.15) is 19.3 Å². The number of likely N-dealkylation sites (tertiary alicyclic amines) is 1. The van der Waals surface area contributed by atoms with E-state index in [4.69, 9.17) is 10.5 Å². The van der Waals surface area contributed by atoms with Crippen LogP contribution in [0.2, 0.25) is 0 Å².